The van der Waals surface area contributed by atoms with Crippen molar-refractivity contribution in [3.63, 3.8) is 0 Å². The van der Waals surface area contributed by atoms with E-state index >= 15 is 0 Å². The van der Waals surface area contributed by atoms with Crippen molar-refractivity contribution in [1.29, 1.82) is 0 Å². The predicted molar refractivity (Wildman–Crippen MR) is 274 cm³/mol. The molecule has 0 aliphatic heterocycles. The van der Waals surface area contributed by atoms with Crippen molar-refractivity contribution in [3.05, 3.63) is 243 Å². The average Bonchev–Trinajstić information content (AvgIpc) is 3.92. The Kier molecular flexibility index (Phi) is 8.53. The van der Waals surface area contributed by atoms with Crippen molar-refractivity contribution < 1.29 is 4.42 Å². The first kappa shape index (κ1) is 36.9. The van der Waals surface area contributed by atoms with Crippen LogP contribution in [0.2, 0.25) is 0 Å². The molecule has 0 aliphatic rings. The summed E-state index contributed by atoms with van der Waals surface area (Å²) in [4.78, 5) is 2.40. The van der Waals surface area contributed by atoms with Gasteiger partial charge in [-0.25, -0.2) is 0 Å². The molecular formula is C62H40N2O. The first-order valence-corrected chi connectivity index (χ1v) is 22.2. The second-order valence-electron chi connectivity index (χ2n) is 16.8. The largest absolute Gasteiger partial charge is 0.455 e. The molecule has 0 N–H and O–H groups in total. The van der Waals surface area contributed by atoms with Crippen LogP contribution in [0.4, 0.5) is 17.1 Å². The van der Waals surface area contributed by atoms with Gasteiger partial charge in [0.15, 0.2) is 0 Å². The van der Waals surface area contributed by atoms with Gasteiger partial charge in [0, 0.05) is 44.2 Å². The molecular weight excluding hydrogens is 789 g/mol. The van der Waals surface area contributed by atoms with Gasteiger partial charge < -0.3 is 13.9 Å². The van der Waals surface area contributed by atoms with E-state index in [1.807, 2.05) is 0 Å². The lowest BCUT2D eigenvalue weighted by Gasteiger charge is -2.28. The highest BCUT2D eigenvalue weighted by atomic mass is 16.3. The van der Waals surface area contributed by atoms with E-state index in [4.69, 9.17) is 4.42 Å². The van der Waals surface area contributed by atoms with E-state index in [-0.39, 0.29) is 0 Å². The van der Waals surface area contributed by atoms with Crippen molar-refractivity contribution in [1.82, 2.24) is 4.57 Å². The van der Waals surface area contributed by atoms with Crippen LogP contribution in [0.25, 0.3) is 104 Å². The predicted octanol–water partition coefficient (Wildman–Crippen LogP) is 17.5. The van der Waals surface area contributed by atoms with Crippen LogP contribution in [0, 0.1) is 0 Å². The summed E-state index contributed by atoms with van der Waals surface area (Å²) in [7, 11) is 0. The fourth-order valence-electron chi connectivity index (χ4n) is 10.2. The zero-order valence-corrected chi connectivity index (χ0v) is 35.4. The molecule has 65 heavy (non-hydrogen) atoms. The lowest BCUT2D eigenvalue weighted by atomic mass is 9.96. The van der Waals surface area contributed by atoms with Crippen molar-refractivity contribution in [3.8, 4) is 39.1 Å². The first-order valence-electron chi connectivity index (χ1n) is 22.2. The Morgan fingerprint density at radius 3 is 1.43 bits per heavy atom. The maximum atomic E-state index is 6.97. The van der Waals surface area contributed by atoms with Gasteiger partial charge >= 0.3 is 0 Å². The molecule has 3 heteroatoms. The third kappa shape index (κ3) is 6.05. The molecule has 0 atom stereocenters. The van der Waals surface area contributed by atoms with E-state index < -0.39 is 0 Å². The van der Waals surface area contributed by atoms with Crippen LogP contribution in [0.5, 0.6) is 0 Å². The van der Waals surface area contributed by atoms with E-state index in [9.17, 15) is 0 Å². The molecule has 0 bridgehead atoms. The van der Waals surface area contributed by atoms with E-state index in [1.165, 1.54) is 65.6 Å². The highest BCUT2D eigenvalue weighted by molar-refractivity contribution is 6.14. The minimum absolute atomic E-state index is 0.854. The summed E-state index contributed by atoms with van der Waals surface area (Å²) in [5.74, 6) is 0. The van der Waals surface area contributed by atoms with Gasteiger partial charge in [-0.15, -0.1) is 0 Å². The quantitative estimate of drug-likeness (QED) is 0.160. The van der Waals surface area contributed by atoms with Crippen LogP contribution >= 0.6 is 0 Å². The minimum atomic E-state index is 0.854. The monoisotopic (exact) mass is 828 g/mol. The Labute approximate surface area is 376 Å². The normalized spacial score (nSPS) is 11.7. The molecule has 0 saturated carbocycles. The van der Waals surface area contributed by atoms with Crippen LogP contribution in [0.3, 0.4) is 0 Å². The van der Waals surface area contributed by atoms with Crippen molar-refractivity contribution in [2.45, 2.75) is 0 Å². The second kappa shape index (κ2) is 15.0. The number of nitrogens with zero attached hydrogens (tertiary/aromatic N) is 2. The Morgan fingerprint density at radius 2 is 0.831 bits per heavy atom. The Balaban J connectivity index is 1.04. The standard InChI is InChI=1S/C62H40N2O/c1-3-20-49-41(14-1)16-12-25-51(49)43-30-34-46(35-31-43)63(47-36-32-44(33-37-47)52-26-13-17-42-15-2-4-21-50(42)52)59-39-38-56-55-24-7-10-29-60(55)65-62(56)61(59)45-18-11-19-48(40-45)64-57-27-8-5-22-53(57)54-23-6-9-28-58(54)64/h1-40H. The Hall–Kier alpha value is -8.66. The molecule has 3 nitrogen and oxygen atoms in total. The molecule has 2 aromatic heterocycles. The van der Waals surface area contributed by atoms with Crippen LogP contribution in [0.1, 0.15) is 0 Å². The third-order valence-electron chi connectivity index (χ3n) is 13.2. The summed E-state index contributed by atoms with van der Waals surface area (Å²) < 4.78 is 9.37. The molecule has 11 aromatic carbocycles. The minimum Gasteiger partial charge on any atom is -0.455 e. The smallest absolute Gasteiger partial charge is 0.145 e. The number of hydrogen-bond donors (Lipinski definition) is 0. The van der Waals surface area contributed by atoms with Gasteiger partial charge in [-0.1, -0.05) is 176 Å². The number of para-hydroxylation sites is 3. The number of rotatable bonds is 7. The summed E-state index contributed by atoms with van der Waals surface area (Å²) >= 11 is 0. The molecule has 304 valence electrons. The van der Waals surface area contributed by atoms with Crippen molar-refractivity contribution in [2.24, 2.45) is 0 Å². The zero-order valence-electron chi connectivity index (χ0n) is 35.4. The van der Waals surface area contributed by atoms with Gasteiger partial charge in [-0.2, -0.15) is 0 Å². The van der Waals surface area contributed by atoms with E-state index in [0.29, 0.717) is 0 Å². The van der Waals surface area contributed by atoms with Crippen LogP contribution in [0.15, 0.2) is 247 Å². The SMILES string of the molecule is c1cc(-c2c(N(c3ccc(-c4cccc5ccccc45)cc3)c3ccc(-c4cccc5ccccc45)cc3)ccc3c2oc2ccccc23)cc(-n2c3ccccc3c3ccccc32)c1. The topological polar surface area (TPSA) is 21.3 Å². The number of aromatic nitrogens is 1. The summed E-state index contributed by atoms with van der Waals surface area (Å²) in [6.07, 6.45) is 0. The summed E-state index contributed by atoms with van der Waals surface area (Å²) in [5, 5.41) is 9.59. The van der Waals surface area contributed by atoms with Gasteiger partial charge in [0.2, 0.25) is 0 Å². The number of anilines is 3. The zero-order chi connectivity index (χ0) is 42.8. The van der Waals surface area contributed by atoms with Gasteiger partial charge in [-0.3, -0.25) is 0 Å². The third-order valence-corrected chi connectivity index (χ3v) is 13.2. The van der Waals surface area contributed by atoms with Crippen molar-refractivity contribution in [2.75, 3.05) is 4.90 Å². The maximum absolute atomic E-state index is 6.97. The maximum Gasteiger partial charge on any atom is 0.145 e. The number of furan rings is 1. The molecule has 0 fully saturated rings. The molecule has 2 heterocycles. The van der Waals surface area contributed by atoms with Gasteiger partial charge in [-0.05, 0) is 116 Å². The molecule has 0 unspecified atom stereocenters. The van der Waals surface area contributed by atoms with E-state index in [0.717, 1.165) is 55.8 Å². The van der Waals surface area contributed by atoms with Gasteiger partial charge in [0.25, 0.3) is 0 Å². The van der Waals surface area contributed by atoms with E-state index in [1.54, 1.807) is 0 Å². The number of fused-ring (bicyclic) bond motifs is 8. The molecule has 13 rings (SSSR count). The molecule has 0 aliphatic carbocycles. The highest BCUT2D eigenvalue weighted by Gasteiger charge is 2.24. The summed E-state index contributed by atoms with van der Waals surface area (Å²) in [6.45, 7) is 0. The molecule has 0 amide bonds. The van der Waals surface area contributed by atoms with Gasteiger partial charge in [0.1, 0.15) is 11.2 Å². The van der Waals surface area contributed by atoms with Crippen LogP contribution in [-0.4, -0.2) is 4.57 Å². The first-order chi connectivity index (χ1) is 32.2. The van der Waals surface area contributed by atoms with Crippen LogP contribution in [-0.2, 0) is 0 Å². The van der Waals surface area contributed by atoms with Crippen LogP contribution < -0.4 is 4.90 Å². The fraction of sp³-hybridized carbons (Fsp3) is 0. The molecule has 13 aromatic rings. The lowest BCUT2D eigenvalue weighted by Crippen LogP contribution is -2.11. The van der Waals surface area contributed by atoms with E-state index in [2.05, 4.69) is 252 Å². The summed E-state index contributed by atoms with van der Waals surface area (Å²) in [6, 6.07) is 87.7. The lowest BCUT2D eigenvalue weighted by molar-refractivity contribution is 0.670. The molecule has 0 radical (unpaired) electrons. The molecule has 0 saturated heterocycles. The Morgan fingerprint density at radius 1 is 0.338 bits per heavy atom. The Bertz CT molecular complexity index is 3760. The fourth-order valence-corrected chi connectivity index (χ4v) is 10.2. The van der Waals surface area contributed by atoms with Gasteiger partial charge in [0.05, 0.1) is 16.7 Å². The summed E-state index contributed by atoms with van der Waals surface area (Å²) in [5.41, 5.74) is 15.1. The highest BCUT2D eigenvalue weighted by Crippen LogP contribution is 2.48. The average molecular weight is 829 g/mol. The second-order valence-corrected chi connectivity index (χ2v) is 16.8. The number of hydrogen-bond acceptors (Lipinski definition) is 2. The molecule has 0 spiro atoms. The van der Waals surface area contributed by atoms with Crippen molar-refractivity contribution >= 4 is 82.4 Å². The number of benzene rings is 11.